The fourth-order valence-electron chi connectivity index (χ4n) is 1.98. The molecule has 2 rings (SSSR count). The van der Waals surface area contributed by atoms with E-state index in [-0.39, 0.29) is 0 Å². The first-order chi connectivity index (χ1) is 7.27. The highest BCUT2D eigenvalue weighted by Gasteiger charge is 2.15. The molecule has 78 valence electrons. The molecule has 0 unspecified atom stereocenters. The Morgan fingerprint density at radius 2 is 1.93 bits per heavy atom. The predicted molar refractivity (Wildman–Crippen MR) is 66.2 cm³/mol. The molecule has 0 amide bonds. The van der Waals surface area contributed by atoms with E-state index in [9.17, 15) is 0 Å². The maximum atomic E-state index is 4.56. The topological polar surface area (TPSA) is 12.4 Å². The lowest BCUT2D eigenvalue weighted by atomic mass is 9.98. The first-order valence-corrected chi connectivity index (χ1v) is 5.57. The van der Waals surface area contributed by atoms with Crippen molar-refractivity contribution in [3.05, 3.63) is 41.5 Å². The monoisotopic (exact) mass is 199 g/mol. The van der Waals surface area contributed by atoms with Crippen LogP contribution in [0.2, 0.25) is 0 Å². The van der Waals surface area contributed by atoms with Crippen LogP contribution in [0.4, 0.5) is 0 Å². The van der Waals surface area contributed by atoms with Crippen molar-refractivity contribution in [1.82, 2.24) is 0 Å². The molecule has 1 aromatic carbocycles. The van der Waals surface area contributed by atoms with Gasteiger partial charge in [-0.1, -0.05) is 44.2 Å². The predicted octanol–water partition coefficient (Wildman–Crippen LogP) is 3.57. The minimum Gasteiger partial charge on any atom is -0.289 e. The van der Waals surface area contributed by atoms with Crippen molar-refractivity contribution in [3.63, 3.8) is 0 Å². The smallest absolute Gasteiger partial charge is 0.0433 e. The standard InChI is InChI=1S/C14H17N/c1-11(2)14-13(8-9-15-14)10-12-6-4-3-5-7-12/h3-7,10-11H,8-9H2,1-2H3/b13-10+. The van der Waals surface area contributed by atoms with Gasteiger partial charge in [-0.15, -0.1) is 0 Å². The molecule has 1 heterocycles. The van der Waals surface area contributed by atoms with E-state index >= 15 is 0 Å². The molecule has 0 N–H and O–H groups in total. The molecule has 0 atom stereocenters. The third-order valence-electron chi connectivity index (χ3n) is 2.68. The number of aliphatic imine (C=N–C) groups is 1. The summed E-state index contributed by atoms with van der Waals surface area (Å²) in [4.78, 5) is 4.56. The summed E-state index contributed by atoms with van der Waals surface area (Å²) in [5.74, 6) is 0.544. The van der Waals surface area contributed by atoms with E-state index in [0.29, 0.717) is 5.92 Å². The SMILES string of the molecule is CC(C)C1=NCC/C1=C\c1ccccc1. The van der Waals surface area contributed by atoms with Gasteiger partial charge >= 0.3 is 0 Å². The molecule has 0 radical (unpaired) electrons. The van der Waals surface area contributed by atoms with Crippen molar-refractivity contribution in [2.75, 3.05) is 6.54 Å². The van der Waals surface area contributed by atoms with Gasteiger partial charge in [0.1, 0.15) is 0 Å². The molecule has 1 aliphatic heterocycles. The van der Waals surface area contributed by atoms with Crippen molar-refractivity contribution in [1.29, 1.82) is 0 Å². The molecule has 1 aromatic rings. The van der Waals surface area contributed by atoms with Crippen molar-refractivity contribution in [3.8, 4) is 0 Å². The molecule has 0 saturated heterocycles. The number of nitrogens with zero attached hydrogens (tertiary/aromatic N) is 1. The average molecular weight is 199 g/mol. The van der Waals surface area contributed by atoms with Crippen molar-refractivity contribution in [2.24, 2.45) is 10.9 Å². The normalized spacial score (nSPS) is 18.6. The molecule has 1 heteroatoms. The molecule has 0 aliphatic carbocycles. The Morgan fingerprint density at radius 3 is 2.60 bits per heavy atom. The van der Waals surface area contributed by atoms with E-state index in [1.165, 1.54) is 16.8 Å². The van der Waals surface area contributed by atoms with Gasteiger partial charge < -0.3 is 0 Å². The van der Waals surface area contributed by atoms with Gasteiger partial charge in [0.05, 0.1) is 0 Å². The second kappa shape index (κ2) is 4.43. The van der Waals surface area contributed by atoms with Gasteiger partial charge in [0.2, 0.25) is 0 Å². The van der Waals surface area contributed by atoms with E-state index in [1.807, 2.05) is 6.07 Å². The van der Waals surface area contributed by atoms with Crippen LogP contribution >= 0.6 is 0 Å². The summed E-state index contributed by atoms with van der Waals surface area (Å²) >= 11 is 0. The Bertz CT molecular complexity index is 385. The van der Waals surface area contributed by atoms with Crippen LogP contribution in [-0.4, -0.2) is 12.3 Å². The van der Waals surface area contributed by atoms with Crippen LogP contribution in [0, 0.1) is 5.92 Å². The van der Waals surface area contributed by atoms with E-state index in [2.05, 4.69) is 49.2 Å². The van der Waals surface area contributed by atoms with Gasteiger partial charge in [-0.3, -0.25) is 4.99 Å². The fourth-order valence-corrected chi connectivity index (χ4v) is 1.98. The fraction of sp³-hybridized carbons (Fsp3) is 0.357. The Morgan fingerprint density at radius 1 is 1.20 bits per heavy atom. The summed E-state index contributed by atoms with van der Waals surface area (Å²) in [6, 6.07) is 10.5. The second-order valence-corrected chi connectivity index (χ2v) is 4.25. The Balaban J connectivity index is 2.25. The van der Waals surface area contributed by atoms with Gasteiger partial charge in [-0.25, -0.2) is 0 Å². The summed E-state index contributed by atoms with van der Waals surface area (Å²) in [7, 11) is 0. The van der Waals surface area contributed by atoms with Gasteiger partial charge in [0.15, 0.2) is 0 Å². The Kier molecular flexibility index (Phi) is 3.00. The zero-order valence-corrected chi connectivity index (χ0v) is 9.40. The summed E-state index contributed by atoms with van der Waals surface area (Å²) in [5, 5.41) is 0. The van der Waals surface area contributed by atoms with Crippen LogP contribution in [0.3, 0.4) is 0 Å². The van der Waals surface area contributed by atoms with Crippen LogP contribution in [-0.2, 0) is 0 Å². The van der Waals surface area contributed by atoms with Crippen LogP contribution in [0.1, 0.15) is 25.8 Å². The molecule has 0 bridgehead atoms. The third-order valence-corrected chi connectivity index (χ3v) is 2.68. The largest absolute Gasteiger partial charge is 0.289 e. The van der Waals surface area contributed by atoms with Gasteiger partial charge in [-0.05, 0) is 29.6 Å². The minimum absolute atomic E-state index is 0.544. The lowest BCUT2D eigenvalue weighted by Crippen LogP contribution is -2.06. The highest BCUT2D eigenvalue weighted by atomic mass is 14.8. The molecule has 0 spiro atoms. The number of benzene rings is 1. The van der Waals surface area contributed by atoms with Crippen molar-refractivity contribution in [2.45, 2.75) is 20.3 Å². The molecule has 1 nitrogen and oxygen atoms in total. The second-order valence-electron chi connectivity index (χ2n) is 4.25. The Labute approximate surface area is 91.6 Å². The zero-order chi connectivity index (χ0) is 10.7. The molecular weight excluding hydrogens is 182 g/mol. The lowest BCUT2D eigenvalue weighted by Gasteiger charge is -2.07. The van der Waals surface area contributed by atoms with Crippen LogP contribution in [0.25, 0.3) is 6.08 Å². The summed E-state index contributed by atoms with van der Waals surface area (Å²) in [6.07, 6.45) is 3.37. The third kappa shape index (κ3) is 2.35. The summed E-state index contributed by atoms with van der Waals surface area (Å²) in [6.45, 7) is 5.39. The van der Waals surface area contributed by atoms with Crippen LogP contribution in [0.5, 0.6) is 0 Å². The first kappa shape index (κ1) is 10.2. The highest BCUT2D eigenvalue weighted by molar-refractivity contribution is 6.06. The van der Waals surface area contributed by atoms with Crippen molar-refractivity contribution < 1.29 is 0 Å². The van der Waals surface area contributed by atoms with Gasteiger partial charge in [-0.2, -0.15) is 0 Å². The molecule has 15 heavy (non-hydrogen) atoms. The summed E-state index contributed by atoms with van der Waals surface area (Å²) in [5.41, 5.74) is 3.98. The minimum atomic E-state index is 0.544. The van der Waals surface area contributed by atoms with E-state index in [1.54, 1.807) is 0 Å². The van der Waals surface area contributed by atoms with Gasteiger partial charge in [0.25, 0.3) is 0 Å². The molecule has 0 aromatic heterocycles. The lowest BCUT2D eigenvalue weighted by molar-refractivity contribution is 0.886. The highest BCUT2D eigenvalue weighted by Crippen LogP contribution is 2.21. The number of hydrogen-bond acceptors (Lipinski definition) is 1. The van der Waals surface area contributed by atoms with Crippen LogP contribution < -0.4 is 0 Å². The maximum absolute atomic E-state index is 4.56. The number of rotatable bonds is 2. The van der Waals surface area contributed by atoms with Gasteiger partial charge in [0, 0.05) is 12.3 Å². The zero-order valence-electron chi connectivity index (χ0n) is 9.40. The average Bonchev–Trinajstić information content (AvgIpc) is 2.67. The van der Waals surface area contributed by atoms with Crippen LogP contribution in [0.15, 0.2) is 40.9 Å². The number of hydrogen-bond donors (Lipinski definition) is 0. The quantitative estimate of drug-likeness (QED) is 0.690. The first-order valence-electron chi connectivity index (χ1n) is 5.57. The molecular formula is C14H17N. The van der Waals surface area contributed by atoms with Crippen molar-refractivity contribution >= 4 is 11.8 Å². The summed E-state index contributed by atoms with van der Waals surface area (Å²) < 4.78 is 0. The molecule has 0 fully saturated rings. The Hall–Kier alpha value is -1.37. The van der Waals surface area contributed by atoms with E-state index in [0.717, 1.165) is 13.0 Å². The van der Waals surface area contributed by atoms with E-state index < -0.39 is 0 Å². The molecule has 0 saturated carbocycles. The maximum Gasteiger partial charge on any atom is 0.0433 e. The molecule has 1 aliphatic rings. The van der Waals surface area contributed by atoms with E-state index in [4.69, 9.17) is 0 Å².